The SMILES string of the molecule is Cc1cc2c(cc1C)N(c1cccc(C(C)(C)C(C)(C)C)c1)[CH-]N2c1[c-]c(Oc2[c-]c3c(cc2)c2ccccc2n3-c2cc(C(C)(C)C)ccn2)cc(-c2c(C(C)C)cccc2C(C)C)c1.[Pt]. The standard InChI is InChI=1S/C61H65N4O.Pt/c1-38(2)49-22-18-23-50(39(3)4)58(49)42-31-46(64-37-63(55-29-40(5)41(6)30-56(55)64)45-20-17-19-44(33-45)61(13,14)60(10,11)12)35-48(32-42)66-47-25-26-52-51-21-15-16-24-53(51)65(54(52)36-47)57-34-43(27-28-62-57)59(7,8)9;/h15-34,37-39H,1-14H3;/q-3;. The summed E-state index contributed by atoms with van der Waals surface area (Å²) >= 11 is 0. The molecule has 0 amide bonds. The molecule has 0 aliphatic carbocycles. The number of para-hydroxylation sites is 1. The molecule has 348 valence electrons. The second kappa shape index (κ2) is 17.8. The Morgan fingerprint density at radius 3 is 1.93 bits per heavy atom. The number of nitrogens with zero attached hydrogens (tertiary/aromatic N) is 4. The first kappa shape index (κ1) is 47.8. The van der Waals surface area contributed by atoms with Gasteiger partial charge < -0.3 is 19.1 Å². The molecule has 0 saturated heterocycles. The van der Waals surface area contributed by atoms with Crippen molar-refractivity contribution in [1.29, 1.82) is 0 Å². The Morgan fingerprint density at radius 1 is 0.612 bits per heavy atom. The molecule has 0 radical (unpaired) electrons. The second-order valence-corrected chi connectivity index (χ2v) is 21.6. The third kappa shape index (κ3) is 8.74. The second-order valence-electron chi connectivity index (χ2n) is 21.6. The first-order valence-electron chi connectivity index (χ1n) is 23.7. The van der Waals surface area contributed by atoms with Gasteiger partial charge in [-0.1, -0.05) is 137 Å². The minimum atomic E-state index is -0.0535. The fourth-order valence-electron chi connectivity index (χ4n) is 9.33. The molecule has 67 heavy (non-hydrogen) atoms. The van der Waals surface area contributed by atoms with Crippen molar-refractivity contribution in [3.63, 3.8) is 0 Å². The minimum Gasteiger partial charge on any atom is -0.509 e. The van der Waals surface area contributed by atoms with Crippen LogP contribution in [0.1, 0.15) is 128 Å². The summed E-state index contributed by atoms with van der Waals surface area (Å²) in [5.74, 6) is 2.70. The predicted octanol–water partition coefficient (Wildman–Crippen LogP) is 17.1. The maximum atomic E-state index is 7.04. The van der Waals surface area contributed by atoms with Gasteiger partial charge in [-0.05, 0) is 129 Å². The molecule has 0 bridgehead atoms. The normalized spacial score (nSPS) is 13.3. The number of aryl methyl sites for hydroxylation is 2. The molecule has 3 heterocycles. The molecule has 6 aromatic carbocycles. The van der Waals surface area contributed by atoms with Gasteiger partial charge >= 0.3 is 0 Å². The Bertz CT molecular complexity index is 3110. The molecule has 0 fully saturated rings. The van der Waals surface area contributed by atoms with E-state index in [4.69, 9.17) is 9.72 Å². The molecular weight excluding hydrogens is 1000 g/mol. The Kier molecular flexibility index (Phi) is 12.7. The van der Waals surface area contributed by atoms with Crippen LogP contribution in [0, 0.1) is 38.1 Å². The van der Waals surface area contributed by atoms with E-state index in [0.717, 1.165) is 55.9 Å². The van der Waals surface area contributed by atoms with E-state index >= 15 is 0 Å². The van der Waals surface area contributed by atoms with Gasteiger partial charge in [0.1, 0.15) is 5.82 Å². The van der Waals surface area contributed by atoms with Crippen LogP contribution >= 0.6 is 0 Å². The molecule has 1 aliphatic heterocycles. The molecule has 1 aliphatic rings. The number of hydrogen-bond acceptors (Lipinski definition) is 4. The summed E-state index contributed by atoms with van der Waals surface area (Å²) in [7, 11) is 0. The third-order valence-corrected chi connectivity index (χ3v) is 14.4. The zero-order valence-electron chi connectivity index (χ0n) is 41.8. The number of hydrogen-bond donors (Lipinski definition) is 0. The summed E-state index contributed by atoms with van der Waals surface area (Å²) in [5.41, 5.74) is 16.2. The van der Waals surface area contributed by atoms with Gasteiger partial charge in [0.25, 0.3) is 0 Å². The van der Waals surface area contributed by atoms with E-state index < -0.39 is 0 Å². The average Bonchev–Trinajstić information content (AvgIpc) is 3.80. The van der Waals surface area contributed by atoms with Crippen LogP contribution in [0.25, 0.3) is 38.8 Å². The van der Waals surface area contributed by atoms with Crippen LogP contribution in [0.2, 0.25) is 0 Å². The maximum Gasteiger partial charge on any atom is 0.135 e. The van der Waals surface area contributed by atoms with Crippen molar-refractivity contribution in [3.05, 3.63) is 174 Å². The zero-order valence-corrected chi connectivity index (χ0v) is 44.1. The number of ether oxygens (including phenoxy) is 1. The van der Waals surface area contributed by atoms with Gasteiger partial charge in [-0.2, -0.15) is 6.07 Å². The van der Waals surface area contributed by atoms with Crippen LogP contribution in [0.3, 0.4) is 0 Å². The summed E-state index contributed by atoms with van der Waals surface area (Å²) < 4.78 is 9.26. The van der Waals surface area contributed by atoms with Crippen molar-refractivity contribution in [2.45, 2.75) is 120 Å². The Morgan fingerprint density at radius 2 is 1.27 bits per heavy atom. The minimum absolute atomic E-state index is 0. The monoisotopic (exact) mass is 1060 g/mol. The van der Waals surface area contributed by atoms with Crippen LogP contribution in [-0.2, 0) is 31.9 Å². The van der Waals surface area contributed by atoms with Crippen LogP contribution in [0.15, 0.2) is 121 Å². The zero-order chi connectivity index (χ0) is 47.0. The van der Waals surface area contributed by atoms with Crippen LogP contribution in [0.5, 0.6) is 11.5 Å². The van der Waals surface area contributed by atoms with E-state index in [-0.39, 0.29) is 37.3 Å². The Balaban J connectivity index is 0.00000608. The van der Waals surface area contributed by atoms with E-state index in [1.165, 1.54) is 38.9 Å². The van der Waals surface area contributed by atoms with E-state index in [1.807, 2.05) is 12.3 Å². The maximum absolute atomic E-state index is 7.04. The molecule has 0 N–H and O–H groups in total. The number of anilines is 4. The number of benzene rings is 6. The smallest absolute Gasteiger partial charge is 0.135 e. The number of fused-ring (bicyclic) bond motifs is 4. The molecule has 0 spiro atoms. The molecule has 0 unspecified atom stereocenters. The van der Waals surface area contributed by atoms with Crippen LogP contribution < -0.4 is 14.5 Å². The van der Waals surface area contributed by atoms with Gasteiger partial charge in [-0.3, -0.25) is 0 Å². The van der Waals surface area contributed by atoms with Crippen molar-refractivity contribution < 1.29 is 25.8 Å². The van der Waals surface area contributed by atoms with Gasteiger partial charge in [0.2, 0.25) is 0 Å². The van der Waals surface area contributed by atoms with Crippen molar-refractivity contribution in [2.24, 2.45) is 5.41 Å². The van der Waals surface area contributed by atoms with Gasteiger partial charge in [-0.25, -0.2) is 4.98 Å². The van der Waals surface area contributed by atoms with Gasteiger partial charge in [-0.15, -0.1) is 53.6 Å². The molecule has 2 aromatic heterocycles. The van der Waals surface area contributed by atoms with E-state index in [0.29, 0.717) is 23.3 Å². The number of pyridine rings is 1. The summed E-state index contributed by atoms with van der Waals surface area (Å²) in [6, 6.07) is 49.5. The van der Waals surface area contributed by atoms with E-state index in [2.05, 4.69) is 239 Å². The molecule has 9 rings (SSSR count). The summed E-state index contributed by atoms with van der Waals surface area (Å²) in [5, 5.41) is 2.24. The first-order chi connectivity index (χ1) is 31.2. The topological polar surface area (TPSA) is 33.5 Å². The predicted molar refractivity (Wildman–Crippen MR) is 278 cm³/mol. The Hall–Kier alpha value is -5.64. The summed E-state index contributed by atoms with van der Waals surface area (Å²) in [4.78, 5) is 9.56. The van der Waals surface area contributed by atoms with Crippen LogP contribution in [-0.4, -0.2) is 9.55 Å². The molecule has 6 heteroatoms. The number of rotatable bonds is 9. The van der Waals surface area contributed by atoms with Gasteiger partial charge in [0.05, 0.1) is 0 Å². The summed E-state index contributed by atoms with van der Waals surface area (Å²) in [6.07, 6.45) is 1.92. The van der Waals surface area contributed by atoms with E-state index in [1.54, 1.807) is 0 Å². The van der Waals surface area contributed by atoms with Crippen molar-refractivity contribution in [1.82, 2.24) is 9.55 Å². The first-order valence-corrected chi connectivity index (χ1v) is 23.7. The van der Waals surface area contributed by atoms with Crippen LogP contribution in [0.4, 0.5) is 22.7 Å². The molecule has 0 saturated carbocycles. The molecule has 5 nitrogen and oxygen atoms in total. The fraction of sp³-hybridized carbons (Fsp3) is 0.311. The number of aromatic nitrogens is 2. The molecule has 0 atom stereocenters. The molecule has 8 aromatic rings. The van der Waals surface area contributed by atoms with E-state index in [9.17, 15) is 0 Å². The van der Waals surface area contributed by atoms with Crippen molar-refractivity contribution in [2.75, 3.05) is 9.80 Å². The fourth-order valence-corrected chi connectivity index (χ4v) is 9.33. The third-order valence-electron chi connectivity index (χ3n) is 14.4. The largest absolute Gasteiger partial charge is 0.509 e. The molecular formula is C61H65N4OPt-3. The Labute approximate surface area is 414 Å². The van der Waals surface area contributed by atoms with Gasteiger partial charge in [0.15, 0.2) is 0 Å². The van der Waals surface area contributed by atoms with Gasteiger partial charge in [0, 0.05) is 61.3 Å². The quantitative estimate of drug-likeness (QED) is 0.135. The van der Waals surface area contributed by atoms with Crippen molar-refractivity contribution >= 4 is 44.6 Å². The van der Waals surface area contributed by atoms with Crippen molar-refractivity contribution in [3.8, 4) is 28.4 Å². The average molecular weight is 1070 g/mol. The summed E-state index contributed by atoms with van der Waals surface area (Å²) in [6.45, 7) is 34.2.